The number of hydrogen-bond donors (Lipinski definition) is 1. The van der Waals surface area contributed by atoms with Crippen molar-refractivity contribution in [1.82, 2.24) is 5.43 Å². The van der Waals surface area contributed by atoms with Crippen LogP contribution in [-0.4, -0.2) is 37.3 Å². The van der Waals surface area contributed by atoms with Crippen molar-refractivity contribution < 1.29 is 18.9 Å². The van der Waals surface area contributed by atoms with Crippen molar-refractivity contribution in [3.8, 4) is 0 Å². The Balaban J connectivity index is 3.99. The number of nitrogens with one attached hydrogen (secondary N) is 1. The number of carbonyl (C=O) groups is 2. The molecular formula is C10H21N2O3+. The number of hydrogen-bond acceptors (Lipinski definition) is 3. The molecule has 0 saturated heterocycles. The molecule has 88 valence electrons. The van der Waals surface area contributed by atoms with Crippen LogP contribution in [0, 0.1) is 0 Å². The number of unbranched alkanes of at least 4 members (excludes halogenated alkanes) is 1. The molecule has 0 aliphatic rings. The quantitative estimate of drug-likeness (QED) is 0.440. The summed E-state index contributed by atoms with van der Waals surface area (Å²) in [5.41, 5.74) is 2.49. The smallest absolute Gasteiger partial charge is 0.446 e. The molecule has 1 N–H and O–H groups in total. The molecule has 0 heterocycles. The van der Waals surface area contributed by atoms with E-state index in [2.05, 4.69) is 5.43 Å². The van der Waals surface area contributed by atoms with Crippen LogP contribution in [0.1, 0.15) is 33.1 Å². The predicted octanol–water partition coefficient (Wildman–Crippen LogP) is 1.44. The summed E-state index contributed by atoms with van der Waals surface area (Å²) in [6, 6.07) is 0. The van der Waals surface area contributed by atoms with E-state index < -0.39 is 6.09 Å². The lowest BCUT2D eigenvalue weighted by Gasteiger charge is -2.25. The van der Waals surface area contributed by atoms with Crippen LogP contribution in [0.25, 0.3) is 0 Å². The SMILES string of the molecule is CCCCOC(=O)N[N+](C)(C)C(=O)CC. The normalized spacial score (nSPS) is 10.9. The molecule has 0 aliphatic heterocycles. The van der Waals surface area contributed by atoms with Crippen molar-refractivity contribution >= 4 is 12.0 Å². The second-order valence-corrected chi connectivity index (χ2v) is 3.80. The Morgan fingerprint density at radius 2 is 1.87 bits per heavy atom. The highest BCUT2D eigenvalue weighted by molar-refractivity contribution is 5.72. The first-order valence-corrected chi connectivity index (χ1v) is 5.26. The van der Waals surface area contributed by atoms with Crippen LogP contribution in [-0.2, 0) is 9.53 Å². The zero-order chi connectivity index (χ0) is 11.9. The first-order valence-electron chi connectivity index (χ1n) is 5.26. The third kappa shape index (κ3) is 5.37. The number of ether oxygens (including phenoxy) is 1. The largest absolute Gasteiger partial charge is 0.452 e. The van der Waals surface area contributed by atoms with Gasteiger partial charge < -0.3 is 4.74 Å². The maximum atomic E-state index is 11.4. The topological polar surface area (TPSA) is 55.4 Å². The third-order valence-corrected chi connectivity index (χ3v) is 2.03. The Morgan fingerprint density at radius 1 is 1.27 bits per heavy atom. The van der Waals surface area contributed by atoms with E-state index in [1.807, 2.05) is 6.92 Å². The van der Waals surface area contributed by atoms with Crippen LogP contribution in [0.2, 0.25) is 0 Å². The van der Waals surface area contributed by atoms with E-state index in [4.69, 9.17) is 4.74 Å². The standard InChI is InChI=1S/C10H20N2O3/c1-5-7-8-15-10(14)11-12(3,4)9(13)6-2/h5-8H2,1-4H3/p+1. The van der Waals surface area contributed by atoms with E-state index in [0.717, 1.165) is 12.8 Å². The van der Waals surface area contributed by atoms with Gasteiger partial charge in [0.15, 0.2) is 0 Å². The molecule has 0 bridgehead atoms. The molecule has 0 aromatic carbocycles. The van der Waals surface area contributed by atoms with E-state index in [1.54, 1.807) is 21.0 Å². The minimum atomic E-state index is -0.546. The molecule has 15 heavy (non-hydrogen) atoms. The molecule has 0 spiro atoms. The van der Waals surface area contributed by atoms with Gasteiger partial charge in [0.2, 0.25) is 0 Å². The summed E-state index contributed by atoms with van der Waals surface area (Å²) in [7, 11) is 3.24. The molecule has 0 unspecified atom stereocenters. The molecule has 5 nitrogen and oxygen atoms in total. The molecule has 0 radical (unpaired) electrons. The Kier molecular flexibility index (Phi) is 5.93. The lowest BCUT2D eigenvalue weighted by atomic mass is 10.4. The lowest BCUT2D eigenvalue weighted by molar-refractivity contribution is -0.851. The van der Waals surface area contributed by atoms with Crippen LogP contribution < -0.4 is 5.43 Å². The molecule has 0 aliphatic carbocycles. The van der Waals surface area contributed by atoms with Gasteiger partial charge in [-0.1, -0.05) is 20.3 Å². The highest BCUT2D eigenvalue weighted by atomic mass is 16.6. The number of carbonyl (C=O) groups excluding carboxylic acids is 2. The summed E-state index contributed by atoms with van der Waals surface area (Å²) in [6.45, 7) is 4.16. The summed E-state index contributed by atoms with van der Waals surface area (Å²) in [5, 5.41) is 0. The van der Waals surface area contributed by atoms with E-state index >= 15 is 0 Å². The highest BCUT2D eigenvalue weighted by Gasteiger charge is 2.27. The maximum absolute atomic E-state index is 11.4. The Hall–Kier alpha value is -1.10. The molecule has 0 rings (SSSR count). The van der Waals surface area contributed by atoms with Crippen LogP contribution in [0.15, 0.2) is 0 Å². The van der Waals surface area contributed by atoms with Crippen LogP contribution in [0.4, 0.5) is 4.79 Å². The Bertz CT molecular complexity index is 227. The maximum Gasteiger partial charge on any atom is 0.452 e. The van der Waals surface area contributed by atoms with Crippen molar-refractivity contribution in [2.24, 2.45) is 0 Å². The summed E-state index contributed by atoms with van der Waals surface area (Å²) < 4.78 is 4.72. The van der Waals surface area contributed by atoms with Gasteiger partial charge in [0.05, 0.1) is 27.1 Å². The van der Waals surface area contributed by atoms with Gasteiger partial charge in [0.1, 0.15) is 0 Å². The number of rotatable bonds is 4. The fourth-order valence-electron chi connectivity index (χ4n) is 1.03. The predicted molar refractivity (Wildman–Crippen MR) is 56.8 cm³/mol. The van der Waals surface area contributed by atoms with E-state index in [1.165, 1.54) is 0 Å². The molecule has 2 amide bonds. The van der Waals surface area contributed by atoms with Gasteiger partial charge >= 0.3 is 12.0 Å². The van der Waals surface area contributed by atoms with Gasteiger partial charge in [0, 0.05) is 0 Å². The molecule has 0 saturated carbocycles. The molecule has 0 aromatic rings. The minimum Gasteiger partial charge on any atom is -0.446 e. The van der Waals surface area contributed by atoms with Crippen LogP contribution in [0.3, 0.4) is 0 Å². The Morgan fingerprint density at radius 3 is 2.33 bits per heavy atom. The Labute approximate surface area is 91.0 Å². The number of nitrogens with zero attached hydrogens (tertiary/aromatic N) is 1. The zero-order valence-corrected chi connectivity index (χ0v) is 10.0. The summed E-state index contributed by atoms with van der Waals surface area (Å²) in [4.78, 5) is 22.7. The third-order valence-electron chi connectivity index (χ3n) is 2.03. The monoisotopic (exact) mass is 217 g/mol. The average Bonchev–Trinajstić information content (AvgIpc) is 2.16. The molecule has 0 fully saturated rings. The van der Waals surface area contributed by atoms with E-state index in [0.29, 0.717) is 13.0 Å². The average molecular weight is 217 g/mol. The lowest BCUT2D eigenvalue weighted by Crippen LogP contribution is -2.58. The van der Waals surface area contributed by atoms with Crippen LogP contribution >= 0.6 is 0 Å². The second kappa shape index (κ2) is 6.40. The van der Waals surface area contributed by atoms with Crippen LogP contribution in [0.5, 0.6) is 0 Å². The van der Waals surface area contributed by atoms with Gasteiger partial charge in [-0.25, -0.2) is 9.59 Å². The van der Waals surface area contributed by atoms with E-state index in [9.17, 15) is 9.59 Å². The van der Waals surface area contributed by atoms with Crippen molar-refractivity contribution in [1.29, 1.82) is 0 Å². The number of amides is 2. The minimum absolute atomic E-state index is 0.0672. The molecule has 0 atom stereocenters. The fraction of sp³-hybridized carbons (Fsp3) is 0.800. The first-order chi connectivity index (χ1) is 6.94. The number of quaternary nitrogens is 1. The van der Waals surface area contributed by atoms with Gasteiger partial charge in [-0.15, -0.1) is 0 Å². The zero-order valence-electron chi connectivity index (χ0n) is 10.0. The fourth-order valence-corrected chi connectivity index (χ4v) is 1.03. The molecular weight excluding hydrogens is 196 g/mol. The first kappa shape index (κ1) is 13.9. The second-order valence-electron chi connectivity index (χ2n) is 3.80. The van der Waals surface area contributed by atoms with Crippen molar-refractivity contribution in [2.75, 3.05) is 20.7 Å². The summed E-state index contributed by atoms with van der Waals surface area (Å²) >= 11 is 0. The van der Waals surface area contributed by atoms with Crippen molar-refractivity contribution in [2.45, 2.75) is 33.1 Å². The van der Waals surface area contributed by atoms with Crippen molar-refractivity contribution in [3.05, 3.63) is 0 Å². The van der Waals surface area contributed by atoms with Gasteiger partial charge in [0.25, 0.3) is 0 Å². The molecule has 0 aromatic heterocycles. The van der Waals surface area contributed by atoms with Gasteiger partial charge in [-0.2, -0.15) is 10.0 Å². The van der Waals surface area contributed by atoms with Gasteiger partial charge in [-0.3, -0.25) is 0 Å². The summed E-state index contributed by atoms with van der Waals surface area (Å²) in [6.07, 6.45) is 1.64. The van der Waals surface area contributed by atoms with E-state index in [-0.39, 0.29) is 10.5 Å². The molecule has 5 heteroatoms. The van der Waals surface area contributed by atoms with Crippen molar-refractivity contribution in [3.63, 3.8) is 0 Å². The van der Waals surface area contributed by atoms with Gasteiger partial charge in [-0.05, 0) is 6.42 Å². The summed E-state index contributed by atoms with van der Waals surface area (Å²) in [5.74, 6) is -0.0672. The highest BCUT2D eigenvalue weighted by Crippen LogP contribution is 1.98.